The van der Waals surface area contributed by atoms with Crippen molar-refractivity contribution in [2.75, 3.05) is 26.2 Å². The van der Waals surface area contributed by atoms with Crippen molar-refractivity contribution in [3.05, 3.63) is 53.9 Å². The van der Waals surface area contributed by atoms with Gasteiger partial charge in [0, 0.05) is 31.7 Å². The molecule has 4 heterocycles. The van der Waals surface area contributed by atoms with Gasteiger partial charge in [0.1, 0.15) is 6.26 Å². The van der Waals surface area contributed by atoms with Gasteiger partial charge in [-0.05, 0) is 43.7 Å². The molecule has 3 saturated heterocycles. The van der Waals surface area contributed by atoms with E-state index in [1.54, 1.807) is 6.07 Å². The van der Waals surface area contributed by atoms with Gasteiger partial charge in [0.15, 0.2) is 5.69 Å². The van der Waals surface area contributed by atoms with Crippen LogP contribution in [0.15, 0.2) is 47.2 Å². The Bertz CT molecular complexity index is 686. The number of carbonyl (C=O) groups excluding carboxylic acids is 1. The van der Waals surface area contributed by atoms with Crippen LogP contribution >= 0.6 is 0 Å². The maximum Gasteiger partial charge on any atom is 0.276 e. The summed E-state index contributed by atoms with van der Waals surface area (Å²) in [6, 6.07) is 12.6. The normalized spacial score (nSPS) is 23.6. The molecule has 3 fully saturated rings. The summed E-state index contributed by atoms with van der Waals surface area (Å²) in [5.74, 6) is 0.598. The number of carbonyl (C=O) groups is 1. The zero-order chi connectivity index (χ0) is 17.1. The summed E-state index contributed by atoms with van der Waals surface area (Å²) in [7, 11) is 0. The standard InChI is InChI=1S/C20H25N3O2/c24-20(19-10-12-25-21-19)23-14-17-8-9-18(23)15-22(13-17)11-4-7-16-5-2-1-3-6-16/h1-3,5-6,10,12,17-18H,4,7-9,11,13-15H2/t17-,18+/m0/s1. The molecule has 132 valence electrons. The third-order valence-corrected chi connectivity index (χ3v) is 5.49. The lowest BCUT2D eigenvalue weighted by Crippen LogP contribution is -2.47. The van der Waals surface area contributed by atoms with Gasteiger partial charge in [-0.3, -0.25) is 4.79 Å². The summed E-state index contributed by atoms with van der Waals surface area (Å²) < 4.78 is 4.85. The molecule has 0 radical (unpaired) electrons. The van der Waals surface area contributed by atoms with Crippen LogP contribution in [0.2, 0.25) is 0 Å². The van der Waals surface area contributed by atoms with E-state index in [1.165, 1.54) is 24.7 Å². The molecule has 5 rings (SSSR count). The molecule has 2 aromatic rings. The minimum absolute atomic E-state index is 0.0228. The zero-order valence-corrected chi connectivity index (χ0v) is 14.5. The van der Waals surface area contributed by atoms with E-state index in [4.69, 9.17) is 4.52 Å². The molecule has 5 nitrogen and oxygen atoms in total. The third-order valence-electron chi connectivity index (χ3n) is 5.49. The molecule has 25 heavy (non-hydrogen) atoms. The lowest BCUT2D eigenvalue weighted by atomic mass is 9.95. The second kappa shape index (κ2) is 7.40. The minimum atomic E-state index is 0.0228. The van der Waals surface area contributed by atoms with Crippen LogP contribution in [0, 0.1) is 5.92 Å². The van der Waals surface area contributed by atoms with E-state index in [0.29, 0.717) is 17.7 Å². The van der Waals surface area contributed by atoms with Crippen LogP contribution in [-0.2, 0) is 6.42 Å². The molecule has 1 aromatic heterocycles. The maximum absolute atomic E-state index is 12.7. The molecule has 2 bridgehead atoms. The Balaban J connectivity index is 1.35. The Labute approximate surface area is 148 Å². The van der Waals surface area contributed by atoms with Crippen molar-refractivity contribution < 1.29 is 9.32 Å². The Morgan fingerprint density at radius 1 is 1.12 bits per heavy atom. The highest BCUT2D eigenvalue weighted by molar-refractivity contribution is 5.92. The van der Waals surface area contributed by atoms with Gasteiger partial charge in [-0.15, -0.1) is 0 Å². The van der Waals surface area contributed by atoms with Crippen molar-refractivity contribution in [2.24, 2.45) is 5.92 Å². The maximum atomic E-state index is 12.7. The van der Waals surface area contributed by atoms with Crippen LogP contribution in [0.3, 0.4) is 0 Å². The molecule has 3 aliphatic rings. The summed E-state index contributed by atoms with van der Waals surface area (Å²) in [5, 5.41) is 3.83. The van der Waals surface area contributed by atoms with Gasteiger partial charge in [0.05, 0.1) is 0 Å². The fraction of sp³-hybridized carbons (Fsp3) is 0.500. The number of aryl methyl sites for hydroxylation is 1. The number of hydrogen-bond donors (Lipinski definition) is 0. The minimum Gasteiger partial charge on any atom is -0.364 e. The number of benzene rings is 1. The number of aromatic nitrogens is 1. The van der Waals surface area contributed by atoms with E-state index < -0.39 is 0 Å². The molecule has 5 heteroatoms. The van der Waals surface area contributed by atoms with Gasteiger partial charge in [-0.2, -0.15) is 0 Å². The quantitative estimate of drug-likeness (QED) is 0.840. The van der Waals surface area contributed by atoms with Crippen LogP contribution < -0.4 is 0 Å². The smallest absolute Gasteiger partial charge is 0.276 e. The van der Waals surface area contributed by atoms with E-state index in [9.17, 15) is 4.79 Å². The monoisotopic (exact) mass is 339 g/mol. The highest BCUT2D eigenvalue weighted by Gasteiger charge is 2.37. The highest BCUT2D eigenvalue weighted by atomic mass is 16.5. The van der Waals surface area contributed by atoms with Crippen molar-refractivity contribution in [3.8, 4) is 0 Å². The molecular weight excluding hydrogens is 314 g/mol. The fourth-order valence-electron chi connectivity index (χ4n) is 4.23. The zero-order valence-electron chi connectivity index (χ0n) is 14.5. The Kier molecular flexibility index (Phi) is 4.83. The number of fused-ring (bicyclic) bond motifs is 4. The molecule has 1 aromatic carbocycles. The van der Waals surface area contributed by atoms with Crippen LogP contribution in [0.4, 0.5) is 0 Å². The lowest BCUT2D eigenvalue weighted by molar-refractivity contribution is 0.0575. The Morgan fingerprint density at radius 3 is 2.80 bits per heavy atom. The molecule has 0 unspecified atom stereocenters. The van der Waals surface area contributed by atoms with Gasteiger partial charge < -0.3 is 14.3 Å². The van der Waals surface area contributed by atoms with Gasteiger partial charge in [-0.25, -0.2) is 0 Å². The molecule has 0 spiro atoms. The summed E-state index contributed by atoms with van der Waals surface area (Å²) in [4.78, 5) is 17.3. The van der Waals surface area contributed by atoms with Gasteiger partial charge >= 0.3 is 0 Å². The number of nitrogens with zero attached hydrogens (tertiary/aromatic N) is 3. The summed E-state index contributed by atoms with van der Waals surface area (Å²) in [5.41, 5.74) is 1.84. The average molecular weight is 339 g/mol. The van der Waals surface area contributed by atoms with Gasteiger partial charge in [0.25, 0.3) is 5.91 Å². The van der Waals surface area contributed by atoms with Gasteiger partial charge in [0.2, 0.25) is 0 Å². The van der Waals surface area contributed by atoms with Crippen LogP contribution in [0.1, 0.15) is 35.3 Å². The predicted octanol–water partition coefficient (Wildman–Crippen LogP) is 2.84. The number of rotatable bonds is 5. The first-order chi connectivity index (χ1) is 12.3. The lowest BCUT2D eigenvalue weighted by Gasteiger charge is -2.35. The fourth-order valence-corrected chi connectivity index (χ4v) is 4.23. The average Bonchev–Trinajstić information content (AvgIpc) is 3.04. The van der Waals surface area contributed by atoms with Crippen LogP contribution in [0.25, 0.3) is 0 Å². The molecule has 0 aliphatic carbocycles. The highest BCUT2D eigenvalue weighted by Crippen LogP contribution is 2.29. The van der Waals surface area contributed by atoms with Crippen molar-refractivity contribution in [1.82, 2.24) is 15.0 Å². The van der Waals surface area contributed by atoms with E-state index in [1.807, 2.05) is 4.90 Å². The molecule has 1 amide bonds. The largest absolute Gasteiger partial charge is 0.364 e. The Morgan fingerprint density at radius 2 is 2.00 bits per heavy atom. The van der Waals surface area contributed by atoms with E-state index in [-0.39, 0.29) is 5.91 Å². The van der Waals surface area contributed by atoms with Crippen molar-refractivity contribution in [1.29, 1.82) is 0 Å². The second-order valence-electron chi connectivity index (χ2n) is 7.29. The van der Waals surface area contributed by atoms with E-state index in [2.05, 4.69) is 40.4 Å². The van der Waals surface area contributed by atoms with Gasteiger partial charge in [-0.1, -0.05) is 35.5 Å². The number of amides is 1. The first-order valence-corrected chi connectivity index (χ1v) is 9.27. The van der Waals surface area contributed by atoms with E-state index >= 15 is 0 Å². The van der Waals surface area contributed by atoms with E-state index in [0.717, 1.165) is 39.0 Å². The molecule has 0 saturated carbocycles. The summed E-state index contributed by atoms with van der Waals surface area (Å²) in [6.07, 6.45) is 6.08. The summed E-state index contributed by atoms with van der Waals surface area (Å²) >= 11 is 0. The molecule has 0 N–H and O–H groups in total. The van der Waals surface area contributed by atoms with Crippen molar-refractivity contribution in [3.63, 3.8) is 0 Å². The third kappa shape index (κ3) is 3.76. The Hall–Kier alpha value is -2.14. The van der Waals surface area contributed by atoms with Crippen LogP contribution in [-0.4, -0.2) is 53.1 Å². The molecule has 2 atom stereocenters. The number of hydrogen-bond acceptors (Lipinski definition) is 4. The van der Waals surface area contributed by atoms with Crippen LogP contribution in [0.5, 0.6) is 0 Å². The van der Waals surface area contributed by atoms with Crippen molar-refractivity contribution in [2.45, 2.75) is 31.7 Å². The topological polar surface area (TPSA) is 49.6 Å². The predicted molar refractivity (Wildman–Crippen MR) is 95.3 cm³/mol. The summed E-state index contributed by atoms with van der Waals surface area (Å²) in [6.45, 7) is 4.04. The van der Waals surface area contributed by atoms with Crippen molar-refractivity contribution >= 4 is 5.91 Å². The second-order valence-corrected chi connectivity index (χ2v) is 7.29. The molecule has 3 aliphatic heterocycles. The number of piperidine rings is 1. The SMILES string of the molecule is O=C(c1ccon1)N1C[C@H]2CC[C@@H]1CN(CCCc1ccccc1)C2. The first-order valence-electron chi connectivity index (χ1n) is 9.27. The first kappa shape index (κ1) is 16.3. The molecular formula is C20H25N3O2.